The minimum atomic E-state index is -0.495. The summed E-state index contributed by atoms with van der Waals surface area (Å²) in [6, 6.07) is 9.20. The van der Waals surface area contributed by atoms with E-state index in [9.17, 15) is 9.59 Å². The summed E-state index contributed by atoms with van der Waals surface area (Å²) in [6.07, 6.45) is 0.777. The molecule has 0 bridgehead atoms. The lowest BCUT2D eigenvalue weighted by Gasteiger charge is -2.12. The number of ether oxygens (including phenoxy) is 1. The first-order valence-corrected chi connectivity index (χ1v) is 8.19. The van der Waals surface area contributed by atoms with Crippen LogP contribution in [0.15, 0.2) is 44.3 Å². The molecule has 134 valence electrons. The zero-order valence-corrected chi connectivity index (χ0v) is 14.1. The maximum Gasteiger partial charge on any atom is 0.325 e. The molecule has 1 aromatic carbocycles. The van der Waals surface area contributed by atoms with Crippen molar-refractivity contribution in [2.45, 2.75) is 12.3 Å². The maximum absolute atomic E-state index is 11.5. The monoisotopic (exact) mass is 355 g/mol. The number of nitrogens with zero attached hydrogens (tertiary/aromatic N) is 3. The molecular weight excluding hydrogens is 338 g/mol. The Hall–Kier alpha value is -3.36. The predicted octanol–water partition coefficient (Wildman–Crippen LogP) is 1.12. The smallest absolute Gasteiger partial charge is 0.325 e. The molecule has 1 saturated heterocycles. The predicted molar refractivity (Wildman–Crippen MR) is 93.5 cm³/mol. The van der Waals surface area contributed by atoms with Crippen LogP contribution < -0.4 is 20.9 Å². The van der Waals surface area contributed by atoms with Gasteiger partial charge in [-0.05, 0) is 30.7 Å². The van der Waals surface area contributed by atoms with Crippen molar-refractivity contribution in [1.82, 2.24) is 20.2 Å². The highest BCUT2D eigenvalue weighted by atomic mass is 16.5. The molecule has 4 rings (SSSR count). The van der Waals surface area contributed by atoms with Gasteiger partial charge in [0.05, 0.1) is 7.11 Å². The number of nitrogens with one attached hydrogen (secondary N) is 2. The van der Waals surface area contributed by atoms with E-state index in [0.29, 0.717) is 30.7 Å². The summed E-state index contributed by atoms with van der Waals surface area (Å²) in [4.78, 5) is 29.7. The van der Waals surface area contributed by atoms with Crippen LogP contribution in [-0.2, 0) is 0 Å². The topological polar surface area (TPSA) is 117 Å². The molecule has 26 heavy (non-hydrogen) atoms. The number of benzene rings is 1. The van der Waals surface area contributed by atoms with Crippen LogP contribution in [0.3, 0.4) is 0 Å². The summed E-state index contributed by atoms with van der Waals surface area (Å²) in [5.41, 5.74) is 0.530. The molecule has 9 heteroatoms. The summed E-state index contributed by atoms with van der Waals surface area (Å²) in [5, 5.41) is 8.22. The van der Waals surface area contributed by atoms with E-state index in [2.05, 4.69) is 20.2 Å². The third-order valence-electron chi connectivity index (χ3n) is 4.43. The average molecular weight is 355 g/mol. The van der Waals surface area contributed by atoms with Crippen LogP contribution in [0.5, 0.6) is 5.75 Å². The number of aromatic nitrogens is 4. The molecule has 1 unspecified atom stereocenters. The summed E-state index contributed by atoms with van der Waals surface area (Å²) in [6.45, 7) is 1.29. The molecule has 0 amide bonds. The second-order valence-electron chi connectivity index (χ2n) is 6.09. The van der Waals surface area contributed by atoms with Crippen LogP contribution >= 0.6 is 0 Å². The van der Waals surface area contributed by atoms with Crippen molar-refractivity contribution in [3.05, 3.63) is 56.9 Å². The highest BCUT2D eigenvalue weighted by Gasteiger charge is 2.28. The Labute approximate surface area is 147 Å². The Morgan fingerprint density at radius 3 is 2.73 bits per heavy atom. The van der Waals surface area contributed by atoms with Gasteiger partial charge in [0, 0.05) is 36.3 Å². The number of anilines is 1. The lowest BCUT2D eigenvalue weighted by atomic mass is 10.1. The van der Waals surface area contributed by atoms with Gasteiger partial charge < -0.3 is 19.0 Å². The molecule has 1 aliphatic rings. The minimum Gasteiger partial charge on any atom is -0.497 e. The molecule has 1 aliphatic heterocycles. The van der Waals surface area contributed by atoms with Gasteiger partial charge in [0.1, 0.15) is 5.75 Å². The molecule has 1 fully saturated rings. The van der Waals surface area contributed by atoms with Crippen LogP contribution in [0.4, 0.5) is 6.01 Å². The largest absolute Gasteiger partial charge is 0.497 e. The van der Waals surface area contributed by atoms with Gasteiger partial charge >= 0.3 is 11.7 Å². The van der Waals surface area contributed by atoms with Crippen molar-refractivity contribution in [3.8, 4) is 17.2 Å². The normalized spacial score (nSPS) is 16.8. The summed E-state index contributed by atoms with van der Waals surface area (Å²) >= 11 is 0. The fraction of sp³-hybridized carbons (Fsp3) is 0.294. The first-order valence-electron chi connectivity index (χ1n) is 8.19. The molecule has 3 heterocycles. The molecular formula is C17H17N5O4. The second kappa shape index (κ2) is 6.51. The summed E-state index contributed by atoms with van der Waals surface area (Å²) in [5.74, 6) is 1.21. The third kappa shape index (κ3) is 3.10. The standard InChI is InChI=1S/C17H17N5O4/c1-25-12-4-2-10(3-5-12)15-20-21-17(26-15)22-7-6-11(9-22)13-8-14(23)19-16(24)18-13/h2-5,8,11H,6-7,9H2,1H3,(H2,18,19,23,24). The number of aromatic amines is 2. The Bertz CT molecular complexity index is 992. The van der Waals surface area contributed by atoms with Crippen molar-refractivity contribution < 1.29 is 9.15 Å². The summed E-state index contributed by atoms with van der Waals surface area (Å²) < 4.78 is 10.9. The van der Waals surface area contributed by atoms with Gasteiger partial charge in [-0.2, -0.15) is 0 Å². The Morgan fingerprint density at radius 1 is 1.19 bits per heavy atom. The zero-order valence-electron chi connectivity index (χ0n) is 14.1. The first-order chi connectivity index (χ1) is 12.6. The third-order valence-corrected chi connectivity index (χ3v) is 4.43. The molecule has 2 aromatic heterocycles. The lowest BCUT2D eigenvalue weighted by molar-refractivity contribution is 0.415. The van der Waals surface area contributed by atoms with E-state index in [1.807, 2.05) is 29.2 Å². The van der Waals surface area contributed by atoms with Crippen LogP contribution in [0.1, 0.15) is 18.0 Å². The van der Waals surface area contributed by atoms with E-state index < -0.39 is 11.2 Å². The molecule has 0 aliphatic carbocycles. The summed E-state index contributed by atoms with van der Waals surface area (Å²) in [7, 11) is 1.61. The van der Waals surface area contributed by atoms with Gasteiger partial charge in [-0.15, -0.1) is 5.10 Å². The first kappa shape index (κ1) is 16.1. The highest BCUT2D eigenvalue weighted by Crippen LogP contribution is 2.30. The molecule has 2 N–H and O–H groups in total. The van der Waals surface area contributed by atoms with Gasteiger partial charge in [-0.25, -0.2) is 4.79 Å². The molecule has 9 nitrogen and oxygen atoms in total. The number of methoxy groups -OCH3 is 1. The molecule has 1 atom stereocenters. The van der Waals surface area contributed by atoms with Crippen LogP contribution in [0.2, 0.25) is 0 Å². The molecule has 0 radical (unpaired) electrons. The van der Waals surface area contributed by atoms with Gasteiger partial charge in [-0.3, -0.25) is 9.78 Å². The fourth-order valence-corrected chi connectivity index (χ4v) is 3.09. The van der Waals surface area contributed by atoms with Gasteiger partial charge in [0.25, 0.3) is 5.56 Å². The molecule has 0 saturated carbocycles. The Morgan fingerprint density at radius 2 is 2.00 bits per heavy atom. The van der Waals surface area contributed by atoms with Crippen molar-refractivity contribution in [2.75, 3.05) is 25.1 Å². The quantitative estimate of drug-likeness (QED) is 0.720. The Balaban J connectivity index is 1.51. The van der Waals surface area contributed by atoms with Crippen molar-refractivity contribution in [3.63, 3.8) is 0 Å². The number of H-pyrrole nitrogens is 2. The van der Waals surface area contributed by atoms with E-state index in [1.54, 1.807) is 7.11 Å². The van der Waals surface area contributed by atoms with Gasteiger partial charge in [0.2, 0.25) is 5.89 Å². The average Bonchev–Trinajstić information content (AvgIpc) is 3.30. The van der Waals surface area contributed by atoms with E-state index >= 15 is 0 Å². The zero-order chi connectivity index (χ0) is 18.1. The van der Waals surface area contributed by atoms with E-state index in [4.69, 9.17) is 9.15 Å². The van der Waals surface area contributed by atoms with Crippen LogP contribution in [-0.4, -0.2) is 40.4 Å². The lowest BCUT2D eigenvalue weighted by Crippen LogP contribution is -2.25. The second-order valence-corrected chi connectivity index (χ2v) is 6.09. The maximum atomic E-state index is 11.5. The van der Waals surface area contributed by atoms with E-state index in [0.717, 1.165) is 17.7 Å². The SMILES string of the molecule is COc1ccc(-c2nnc(N3CCC(c4cc(=O)[nH]c(=O)[nH]4)C3)o2)cc1. The van der Waals surface area contributed by atoms with Crippen molar-refractivity contribution in [1.29, 1.82) is 0 Å². The van der Waals surface area contributed by atoms with Crippen LogP contribution in [0.25, 0.3) is 11.5 Å². The van der Waals surface area contributed by atoms with Crippen molar-refractivity contribution >= 4 is 6.01 Å². The van der Waals surface area contributed by atoms with E-state index in [1.165, 1.54) is 6.07 Å². The van der Waals surface area contributed by atoms with Crippen LogP contribution in [0, 0.1) is 0 Å². The number of rotatable bonds is 4. The van der Waals surface area contributed by atoms with Gasteiger partial charge in [-0.1, -0.05) is 5.10 Å². The highest BCUT2D eigenvalue weighted by molar-refractivity contribution is 5.55. The molecule has 0 spiro atoms. The van der Waals surface area contributed by atoms with Crippen molar-refractivity contribution in [2.24, 2.45) is 0 Å². The fourth-order valence-electron chi connectivity index (χ4n) is 3.09. The minimum absolute atomic E-state index is 0.0290. The molecule has 3 aromatic rings. The number of hydrogen-bond acceptors (Lipinski definition) is 7. The van der Waals surface area contributed by atoms with Gasteiger partial charge in [0.15, 0.2) is 0 Å². The van der Waals surface area contributed by atoms with E-state index in [-0.39, 0.29) is 5.92 Å². The number of hydrogen-bond donors (Lipinski definition) is 2. The Kier molecular flexibility index (Phi) is 4.04.